The van der Waals surface area contributed by atoms with Crippen molar-refractivity contribution in [2.24, 2.45) is 0 Å². The molecule has 0 radical (unpaired) electrons. The van der Waals surface area contributed by atoms with Gasteiger partial charge < -0.3 is 14.8 Å². The molecular formula is C18H17Cl2NO4. The van der Waals surface area contributed by atoms with Crippen molar-refractivity contribution in [2.75, 3.05) is 11.9 Å². The molecule has 0 bridgehead atoms. The van der Waals surface area contributed by atoms with Crippen molar-refractivity contribution in [2.45, 2.75) is 20.0 Å². The van der Waals surface area contributed by atoms with E-state index in [0.29, 0.717) is 45.7 Å². The molecule has 132 valence electrons. The van der Waals surface area contributed by atoms with Gasteiger partial charge in [-0.15, -0.1) is 0 Å². The largest absolute Gasteiger partial charge is 0.490 e. The standard InChI is InChI=1S/C18H17Cl2NO4/c1-3-24-17-8-12(10-22)4-7-16(17)25-11(2)18(23)21-15-9-13(19)5-6-14(15)20/h4-11H,3H2,1-2H3,(H,21,23)/t11-/m0/s1. The first-order chi connectivity index (χ1) is 11.9. The number of anilines is 1. The van der Waals surface area contributed by atoms with Crippen LogP contribution in [0.25, 0.3) is 0 Å². The van der Waals surface area contributed by atoms with Gasteiger partial charge in [-0.3, -0.25) is 9.59 Å². The fraction of sp³-hybridized carbons (Fsp3) is 0.222. The Bertz CT molecular complexity index is 780. The summed E-state index contributed by atoms with van der Waals surface area (Å²) in [5.74, 6) is 0.367. The molecular weight excluding hydrogens is 365 g/mol. The number of benzene rings is 2. The molecule has 0 heterocycles. The molecule has 2 aromatic rings. The third-order valence-electron chi connectivity index (χ3n) is 3.26. The Labute approximate surface area is 155 Å². The van der Waals surface area contributed by atoms with Crippen molar-refractivity contribution in [3.8, 4) is 11.5 Å². The molecule has 0 aliphatic heterocycles. The SMILES string of the molecule is CCOc1cc(C=O)ccc1O[C@@H](C)C(=O)Nc1cc(Cl)ccc1Cl. The molecule has 0 saturated carbocycles. The van der Waals surface area contributed by atoms with Gasteiger partial charge in [0.15, 0.2) is 17.6 Å². The number of carbonyl (C=O) groups is 2. The monoisotopic (exact) mass is 381 g/mol. The van der Waals surface area contributed by atoms with Crippen LogP contribution in [-0.4, -0.2) is 24.9 Å². The Hall–Kier alpha value is -2.24. The van der Waals surface area contributed by atoms with Crippen LogP contribution in [0.2, 0.25) is 10.0 Å². The van der Waals surface area contributed by atoms with Crippen LogP contribution in [0, 0.1) is 0 Å². The summed E-state index contributed by atoms with van der Waals surface area (Å²) in [4.78, 5) is 23.2. The molecule has 5 nitrogen and oxygen atoms in total. The second-order valence-electron chi connectivity index (χ2n) is 5.13. The first-order valence-corrected chi connectivity index (χ1v) is 8.34. The highest BCUT2D eigenvalue weighted by molar-refractivity contribution is 6.35. The summed E-state index contributed by atoms with van der Waals surface area (Å²) in [5, 5.41) is 3.49. The van der Waals surface area contributed by atoms with Crippen molar-refractivity contribution < 1.29 is 19.1 Å². The van der Waals surface area contributed by atoms with E-state index < -0.39 is 12.0 Å². The highest BCUT2D eigenvalue weighted by Gasteiger charge is 2.18. The lowest BCUT2D eigenvalue weighted by molar-refractivity contribution is -0.122. The first kappa shape index (κ1) is 19.1. The maximum Gasteiger partial charge on any atom is 0.265 e. The van der Waals surface area contributed by atoms with Gasteiger partial charge in [0.2, 0.25) is 0 Å². The molecule has 2 rings (SSSR count). The van der Waals surface area contributed by atoms with Crippen LogP contribution >= 0.6 is 23.2 Å². The van der Waals surface area contributed by atoms with Crippen molar-refractivity contribution in [3.05, 3.63) is 52.0 Å². The van der Waals surface area contributed by atoms with E-state index >= 15 is 0 Å². The molecule has 0 saturated heterocycles. The average molecular weight is 382 g/mol. The van der Waals surface area contributed by atoms with Crippen molar-refractivity contribution >= 4 is 41.1 Å². The summed E-state index contributed by atoms with van der Waals surface area (Å²) >= 11 is 11.9. The van der Waals surface area contributed by atoms with Crippen LogP contribution in [0.4, 0.5) is 5.69 Å². The minimum Gasteiger partial charge on any atom is -0.490 e. The first-order valence-electron chi connectivity index (χ1n) is 7.59. The van der Waals surface area contributed by atoms with E-state index in [1.165, 1.54) is 0 Å². The van der Waals surface area contributed by atoms with Gasteiger partial charge in [0.1, 0.15) is 6.29 Å². The lowest BCUT2D eigenvalue weighted by Crippen LogP contribution is -2.30. The van der Waals surface area contributed by atoms with E-state index in [9.17, 15) is 9.59 Å². The number of hydrogen-bond donors (Lipinski definition) is 1. The Morgan fingerprint density at radius 2 is 1.96 bits per heavy atom. The van der Waals surface area contributed by atoms with E-state index in [1.807, 2.05) is 6.92 Å². The number of carbonyl (C=O) groups excluding carboxylic acids is 2. The third kappa shape index (κ3) is 5.11. The minimum atomic E-state index is -0.823. The molecule has 0 spiro atoms. The minimum absolute atomic E-state index is 0.368. The summed E-state index contributed by atoms with van der Waals surface area (Å²) in [7, 11) is 0. The smallest absolute Gasteiger partial charge is 0.265 e. The highest BCUT2D eigenvalue weighted by Crippen LogP contribution is 2.30. The predicted molar refractivity (Wildman–Crippen MR) is 98.2 cm³/mol. The number of nitrogens with one attached hydrogen (secondary N) is 1. The number of ether oxygens (including phenoxy) is 2. The Morgan fingerprint density at radius 3 is 2.64 bits per heavy atom. The zero-order chi connectivity index (χ0) is 18.4. The van der Waals surface area contributed by atoms with Gasteiger partial charge in [0.25, 0.3) is 5.91 Å². The van der Waals surface area contributed by atoms with E-state index in [1.54, 1.807) is 43.3 Å². The number of halogens is 2. The van der Waals surface area contributed by atoms with Gasteiger partial charge >= 0.3 is 0 Å². The van der Waals surface area contributed by atoms with Crippen LogP contribution in [0.1, 0.15) is 24.2 Å². The molecule has 0 aromatic heterocycles. The second-order valence-corrected chi connectivity index (χ2v) is 5.97. The van der Waals surface area contributed by atoms with Gasteiger partial charge in [-0.25, -0.2) is 0 Å². The number of rotatable bonds is 7. The van der Waals surface area contributed by atoms with Gasteiger partial charge in [-0.05, 0) is 50.2 Å². The lowest BCUT2D eigenvalue weighted by atomic mass is 10.2. The second kappa shape index (κ2) is 8.74. The van der Waals surface area contributed by atoms with Crippen LogP contribution in [0.5, 0.6) is 11.5 Å². The van der Waals surface area contributed by atoms with Crippen LogP contribution < -0.4 is 14.8 Å². The van der Waals surface area contributed by atoms with E-state index in [-0.39, 0.29) is 0 Å². The highest BCUT2D eigenvalue weighted by atomic mass is 35.5. The molecule has 2 aromatic carbocycles. The molecule has 0 fully saturated rings. The van der Waals surface area contributed by atoms with Crippen molar-refractivity contribution in [1.82, 2.24) is 0 Å². The summed E-state index contributed by atoms with van der Waals surface area (Å²) in [6.07, 6.45) is -0.111. The van der Waals surface area contributed by atoms with Crippen molar-refractivity contribution in [1.29, 1.82) is 0 Å². The summed E-state index contributed by atoms with van der Waals surface area (Å²) in [5.41, 5.74) is 0.856. The van der Waals surface area contributed by atoms with Crippen LogP contribution in [0.3, 0.4) is 0 Å². The maximum atomic E-state index is 12.3. The Morgan fingerprint density at radius 1 is 1.20 bits per heavy atom. The fourth-order valence-electron chi connectivity index (χ4n) is 2.04. The van der Waals surface area contributed by atoms with Crippen molar-refractivity contribution in [3.63, 3.8) is 0 Å². The molecule has 0 unspecified atom stereocenters. The zero-order valence-corrected chi connectivity index (χ0v) is 15.2. The van der Waals surface area contributed by atoms with E-state index in [0.717, 1.165) is 0 Å². The molecule has 1 amide bonds. The quantitative estimate of drug-likeness (QED) is 0.711. The topological polar surface area (TPSA) is 64.6 Å². The Balaban J connectivity index is 2.13. The number of aldehydes is 1. The normalized spacial score (nSPS) is 11.5. The van der Waals surface area contributed by atoms with E-state index in [2.05, 4.69) is 5.32 Å². The summed E-state index contributed by atoms with van der Waals surface area (Å²) in [6.45, 7) is 3.81. The van der Waals surface area contributed by atoms with E-state index in [4.69, 9.17) is 32.7 Å². The average Bonchev–Trinajstić information content (AvgIpc) is 2.59. The predicted octanol–water partition coefficient (Wildman–Crippen LogP) is 4.61. The zero-order valence-electron chi connectivity index (χ0n) is 13.7. The molecule has 7 heteroatoms. The maximum absolute atomic E-state index is 12.3. The van der Waals surface area contributed by atoms with Crippen LogP contribution in [-0.2, 0) is 4.79 Å². The molecule has 1 N–H and O–H groups in total. The Kier molecular flexibility index (Phi) is 6.67. The van der Waals surface area contributed by atoms with Gasteiger partial charge in [0.05, 0.1) is 17.3 Å². The number of hydrogen-bond acceptors (Lipinski definition) is 4. The summed E-state index contributed by atoms with van der Waals surface area (Å²) < 4.78 is 11.1. The third-order valence-corrected chi connectivity index (χ3v) is 3.83. The van der Waals surface area contributed by atoms with Gasteiger partial charge in [-0.2, -0.15) is 0 Å². The van der Waals surface area contributed by atoms with Gasteiger partial charge in [0, 0.05) is 10.6 Å². The molecule has 1 atom stereocenters. The number of amides is 1. The van der Waals surface area contributed by atoms with Crippen LogP contribution in [0.15, 0.2) is 36.4 Å². The van der Waals surface area contributed by atoms with Gasteiger partial charge in [-0.1, -0.05) is 23.2 Å². The lowest BCUT2D eigenvalue weighted by Gasteiger charge is -2.18. The molecule has 25 heavy (non-hydrogen) atoms. The molecule has 0 aliphatic rings. The molecule has 0 aliphatic carbocycles. The fourth-order valence-corrected chi connectivity index (χ4v) is 2.37. The summed E-state index contributed by atoms with van der Waals surface area (Å²) in [6, 6.07) is 9.51.